The standard InChI is InChI=1S/C46H39BO2/c1-45(2,3)30-20-22-38-36(26-30)47-37-27-31(46(4,5)6)21-23-39(37)49-41-25-29(24-40(48-38)44(41)47)43-34-18-12-10-16-32(34)42(28-14-8-7-9-15-28)33-17-11-13-19-35(33)43/h7-27H,1-6H3. The first-order valence-corrected chi connectivity index (χ1v) is 17.4. The first-order valence-electron chi connectivity index (χ1n) is 17.4. The lowest BCUT2D eigenvalue weighted by molar-refractivity contribution is 0.464. The maximum Gasteiger partial charge on any atom is 0.260 e. The fraction of sp³-hybridized carbons (Fsp3) is 0.174. The van der Waals surface area contributed by atoms with Gasteiger partial charge in [0.1, 0.15) is 23.0 Å². The highest BCUT2D eigenvalue weighted by molar-refractivity contribution is 6.98. The Morgan fingerprint density at radius 2 is 0.816 bits per heavy atom. The lowest BCUT2D eigenvalue weighted by Gasteiger charge is -2.35. The molecule has 0 radical (unpaired) electrons. The summed E-state index contributed by atoms with van der Waals surface area (Å²) < 4.78 is 13.8. The zero-order chi connectivity index (χ0) is 33.7. The molecule has 0 unspecified atom stereocenters. The van der Waals surface area contributed by atoms with Crippen molar-refractivity contribution < 1.29 is 9.47 Å². The summed E-state index contributed by atoms with van der Waals surface area (Å²) in [6.07, 6.45) is 0. The zero-order valence-corrected chi connectivity index (χ0v) is 29.0. The second kappa shape index (κ2) is 10.6. The van der Waals surface area contributed by atoms with E-state index in [0.29, 0.717) is 0 Å². The van der Waals surface area contributed by atoms with Crippen molar-refractivity contribution in [3.8, 4) is 45.3 Å². The Bertz CT molecular complexity index is 2320. The molecule has 0 amide bonds. The van der Waals surface area contributed by atoms with Crippen molar-refractivity contribution in [3.63, 3.8) is 0 Å². The molecule has 3 heteroatoms. The lowest BCUT2D eigenvalue weighted by Crippen LogP contribution is -2.57. The number of benzene rings is 7. The van der Waals surface area contributed by atoms with Gasteiger partial charge >= 0.3 is 0 Å². The monoisotopic (exact) mass is 634 g/mol. The van der Waals surface area contributed by atoms with Crippen LogP contribution in [-0.2, 0) is 10.8 Å². The van der Waals surface area contributed by atoms with Crippen molar-refractivity contribution in [2.45, 2.75) is 52.4 Å². The van der Waals surface area contributed by atoms with Gasteiger partial charge in [-0.2, -0.15) is 0 Å². The zero-order valence-electron chi connectivity index (χ0n) is 29.0. The molecule has 2 nitrogen and oxygen atoms in total. The van der Waals surface area contributed by atoms with Gasteiger partial charge in [0, 0.05) is 5.46 Å². The van der Waals surface area contributed by atoms with Gasteiger partial charge in [0.2, 0.25) is 0 Å². The van der Waals surface area contributed by atoms with Gasteiger partial charge in [-0.15, -0.1) is 0 Å². The molecule has 0 N–H and O–H groups in total. The van der Waals surface area contributed by atoms with Gasteiger partial charge in [0.25, 0.3) is 6.71 Å². The Balaban J connectivity index is 1.33. The quantitative estimate of drug-likeness (QED) is 0.139. The molecular weight excluding hydrogens is 595 g/mol. The van der Waals surface area contributed by atoms with E-state index in [4.69, 9.17) is 9.47 Å². The Morgan fingerprint density at radius 1 is 0.408 bits per heavy atom. The molecule has 0 bridgehead atoms. The molecule has 49 heavy (non-hydrogen) atoms. The summed E-state index contributed by atoms with van der Waals surface area (Å²) in [5.74, 6) is 3.55. The van der Waals surface area contributed by atoms with E-state index in [2.05, 4.69) is 169 Å². The van der Waals surface area contributed by atoms with Crippen LogP contribution in [-0.4, -0.2) is 6.71 Å². The van der Waals surface area contributed by atoms with Crippen LogP contribution in [0.2, 0.25) is 0 Å². The summed E-state index contributed by atoms with van der Waals surface area (Å²) >= 11 is 0. The third-order valence-electron chi connectivity index (χ3n) is 10.5. The summed E-state index contributed by atoms with van der Waals surface area (Å²) in [5, 5.41) is 4.88. The molecule has 2 heterocycles. The van der Waals surface area contributed by atoms with Crippen LogP contribution in [0.25, 0.3) is 43.8 Å². The van der Waals surface area contributed by atoms with Crippen molar-refractivity contribution in [2.75, 3.05) is 0 Å². The van der Waals surface area contributed by atoms with Gasteiger partial charge in [-0.25, -0.2) is 0 Å². The van der Waals surface area contributed by atoms with Crippen LogP contribution >= 0.6 is 0 Å². The van der Waals surface area contributed by atoms with Gasteiger partial charge in [-0.3, -0.25) is 0 Å². The molecule has 0 fully saturated rings. The number of ether oxygens (including phenoxy) is 2. The summed E-state index contributed by atoms with van der Waals surface area (Å²) in [6.45, 7) is 13.7. The largest absolute Gasteiger partial charge is 0.458 e. The van der Waals surface area contributed by atoms with Crippen molar-refractivity contribution in [1.82, 2.24) is 0 Å². The molecule has 0 aromatic heterocycles. The summed E-state index contributed by atoms with van der Waals surface area (Å²) in [5.41, 5.74) is 10.9. The smallest absolute Gasteiger partial charge is 0.260 e. The van der Waals surface area contributed by atoms with Crippen LogP contribution < -0.4 is 25.9 Å². The molecule has 0 saturated carbocycles. The molecule has 0 spiro atoms. The molecule has 2 aliphatic rings. The first-order chi connectivity index (χ1) is 23.6. The van der Waals surface area contributed by atoms with Crippen LogP contribution in [0.15, 0.2) is 127 Å². The van der Waals surface area contributed by atoms with Crippen LogP contribution in [0.3, 0.4) is 0 Å². The van der Waals surface area contributed by atoms with Crippen molar-refractivity contribution in [1.29, 1.82) is 0 Å². The van der Waals surface area contributed by atoms with E-state index in [0.717, 1.165) is 34.0 Å². The van der Waals surface area contributed by atoms with E-state index in [1.165, 1.54) is 60.3 Å². The Labute approximate surface area is 289 Å². The molecule has 0 saturated heterocycles. The Hall–Kier alpha value is -5.28. The molecule has 0 atom stereocenters. The van der Waals surface area contributed by atoms with Crippen LogP contribution in [0.4, 0.5) is 0 Å². The maximum atomic E-state index is 6.90. The minimum Gasteiger partial charge on any atom is -0.458 e. The van der Waals surface area contributed by atoms with Crippen LogP contribution in [0.5, 0.6) is 23.0 Å². The molecule has 7 aromatic rings. The van der Waals surface area contributed by atoms with Crippen molar-refractivity contribution in [2.24, 2.45) is 0 Å². The summed E-state index contributed by atoms with van der Waals surface area (Å²) in [7, 11) is 0. The van der Waals surface area contributed by atoms with E-state index >= 15 is 0 Å². The summed E-state index contributed by atoms with van der Waals surface area (Å²) in [4.78, 5) is 0. The SMILES string of the molecule is CC(C)(C)c1ccc2c(c1)B1c3cc(C(C)(C)C)ccc3Oc3cc(-c4c5ccccc5c(-c5ccccc5)c5ccccc45)cc(c31)O2. The molecule has 238 valence electrons. The number of hydrogen-bond donors (Lipinski definition) is 0. The number of fused-ring (bicyclic) bond motifs is 6. The minimum absolute atomic E-state index is 0.00472. The van der Waals surface area contributed by atoms with Crippen LogP contribution in [0, 0.1) is 0 Å². The molecular formula is C46H39BO2. The normalized spacial score (nSPS) is 13.4. The predicted molar refractivity (Wildman–Crippen MR) is 207 cm³/mol. The average molecular weight is 635 g/mol. The number of hydrogen-bond acceptors (Lipinski definition) is 2. The highest BCUT2D eigenvalue weighted by atomic mass is 16.5. The second-order valence-electron chi connectivity index (χ2n) is 15.7. The topological polar surface area (TPSA) is 18.5 Å². The van der Waals surface area contributed by atoms with Gasteiger partial charge in [-0.05, 0) is 101 Å². The van der Waals surface area contributed by atoms with Gasteiger partial charge in [0.05, 0.1) is 0 Å². The van der Waals surface area contributed by atoms with E-state index in [-0.39, 0.29) is 17.5 Å². The third-order valence-corrected chi connectivity index (χ3v) is 10.5. The lowest BCUT2D eigenvalue weighted by atomic mass is 9.34. The fourth-order valence-corrected chi connectivity index (χ4v) is 7.94. The van der Waals surface area contributed by atoms with E-state index < -0.39 is 0 Å². The fourth-order valence-electron chi connectivity index (χ4n) is 7.94. The maximum absolute atomic E-state index is 6.90. The molecule has 7 aromatic carbocycles. The van der Waals surface area contributed by atoms with Gasteiger partial charge in [0.15, 0.2) is 0 Å². The highest BCUT2D eigenvalue weighted by Gasteiger charge is 2.41. The predicted octanol–water partition coefficient (Wildman–Crippen LogP) is 10.6. The van der Waals surface area contributed by atoms with Crippen LogP contribution in [0.1, 0.15) is 52.7 Å². The highest BCUT2D eigenvalue weighted by Crippen LogP contribution is 2.46. The molecule has 2 aliphatic heterocycles. The Morgan fingerprint density at radius 3 is 1.24 bits per heavy atom. The van der Waals surface area contributed by atoms with Gasteiger partial charge in [-0.1, -0.05) is 145 Å². The van der Waals surface area contributed by atoms with Crippen molar-refractivity contribution >= 4 is 44.6 Å². The first kappa shape index (κ1) is 29.8. The summed E-state index contributed by atoms with van der Waals surface area (Å²) in [6, 6.07) is 46.4. The Kier molecular flexibility index (Phi) is 6.46. The van der Waals surface area contributed by atoms with Gasteiger partial charge < -0.3 is 9.47 Å². The van der Waals surface area contributed by atoms with E-state index in [1.807, 2.05) is 0 Å². The van der Waals surface area contributed by atoms with Crippen molar-refractivity contribution in [3.05, 3.63) is 139 Å². The number of rotatable bonds is 2. The third kappa shape index (κ3) is 4.70. The van der Waals surface area contributed by atoms with E-state index in [9.17, 15) is 0 Å². The second-order valence-corrected chi connectivity index (χ2v) is 15.7. The molecule has 0 aliphatic carbocycles. The average Bonchev–Trinajstić information content (AvgIpc) is 3.09. The molecule has 9 rings (SSSR count). The van der Waals surface area contributed by atoms with E-state index in [1.54, 1.807) is 0 Å². The minimum atomic E-state index is 0.00472.